The van der Waals surface area contributed by atoms with E-state index in [4.69, 9.17) is 4.42 Å². The Kier molecular flexibility index (Phi) is 5.18. The van der Waals surface area contributed by atoms with Crippen molar-refractivity contribution in [2.45, 2.75) is 19.4 Å². The molecule has 1 aliphatic heterocycles. The van der Waals surface area contributed by atoms with E-state index in [0.29, 0.717) is 43.9 Å². The van der Waals surface area contributed by atoms with Crippen LogP contribution < -0.4 is 5.32 Å². The molecule has 2 amide bonds. The number of aromatic nitrogens is 3. The first kappa shape index (κ1) is 18.0. The Morgan fingerprint density at radius 3 is 2.75 bits per heavy atom. The lowest BCUT2D eigenvalue weighted by molar-refractivity contribution is -0.126. The summed E-state index contributed by atoms with van der Waals surface area (Å²) in [5.41, 5.74) is 1.44. The number of pyridine rings is 1. The standard InChI is InChI=1S/C20H21N5O3/c26-19(15-4-10-24(11-5-15)20(27)17-6-12-28-14-17)22-13-16-3-1-7-21-18(16)25-9-2-8-23-25/h1-3,6-9,12,14-15H,4-5,10-11,13H2,(H,22,26). The van der Waals surface area contributed by atoms with Crippen LogP contribution in [0, 0.1) is 5.92 Å². The van der Waals surface area contributed by atoms with Crippen molar-refractivity contribution in [3.63, 3.8) is 0 Å². The Hall–Kier alpha value is -3.42. The predicted octanol–water partition coefficient (Wildman–Crippen LogP) is 2.03. The Labute approximate surface area is 162 Å². The number of furan rings is 1. The molecule has 0 saturated carbocycles. The quantitative estimate of drug-likeness (QED) is 0.732. The van der Waals surface area contributed by atoms with Crippen molar-refractivity contribution in [1.82, 2.24) is 25.0 Å². The summed E-state index contributed by atoms with van der Waals surface area (Å²) in [7, 11) is 0. The van der Waals surface area contributed by atoms with Gasteiger partial charge in [-0.25, -0.2) is 9.67 Å². The van der Waals surface area contributed by atoms with Crippen LogP contribution in [0.25, 0.3) is 5.82 Å². The fourth-order valence-electron chi connectivity index (χ4n) is 3.41. The van der Waals surface area contributed by atoms with Crippen molar-refractivity contribution in [1.29, 1.82) is 0 Å². The first-order valence-corrected chi connectivity index (χ1v) is 9.25. The van der Waals surface area contributed by atoms with E-state index in [0.717, 1.165) is 5.56 Å². The van der Waals surface area contributed by atoms with Crippen molar-refractivity contribution in [3.05, 3.63) is 66.5 Å². The maximum absolute atomic E-state index is 12.6. The van der Waals surface area contributed by atoms with Crippen molar-refractivity contribution < 1.29 is 14.0 Å². The predicted molar refractivity (Wildman–Crippen MR) is 101 cm³/mol. The number of hydrogen-bond acceptors (Lipinski definition) is 5. The lowest BCUT2D eigenvalue weighted by atomic mass is 9.95. The number of likely N-dealkylation sites (tertiary alicyclic amines) is 1. The maximum Gasteiger partial charge on any atom is 0.257 e. The normalized spacial score (nSPS) is 14.8. The molecular formula is C20H21N5O3. The van der Waals surface area contributed by atoms with Crippen LogP contribution >= 0.6 is 0 Å². The van der Waals surface area contributed by atoms with Crippen LogP contribution in [-0.4, -0.2) is 44.6 Å². The van der Waals surface area contributed by atoms with Crippen molar-refractivity contribution in [3.8, 4) is 5.82 Å². The summed E-state index contributed by atoms with van der Waals surface area (Å²) in [5.74, 6) is 0.559. The molecule has 0 radical (unpaired) electrons. The van der Waals surface area contributed by atoms with Gasteiger partial charge in [0.25, 0.3) is 5.91 Å². The van der Waals surface area contributed by atoms with Gasteiger partial charge in [0.1, 0.15) is 6.26 Å². The third kappa shape index (κ3) is 3.80. The molecule has 8 nitrogen and oxygen atoms in total. The highest BCUT2D eigenvalue weighted by Gasteiger charge is 2.28. The average molecular weight is 379 g/mol. The Morgan fingerprint density at radius 2 is 2.04 bits per heavy atom. The molecule has 4 heterocycles. The van der Waals surface area contributed by atoms with E-state index < -0.39 is 0 Å². The van der Waals surface area contributed by atoms with Gasteiger partial charge in [0.2, 0.25) is 5.91 Å². The van der Waals surface area contributed by atoms with E-state index in [1.54, 1.807) is 28.0 Å². The topological polar surface area (TPSA) is 93.3 Å². The van der Waals surface area contributed by atoms with Gasteiger partial charge in [-0.1, -0.05) is 6.07 Å². The molecule has 28 heavy (non-hydrogen) atoms. The largest absolute Gasteiger partial charge is 0.472 e. The third-order valence-corrected chi connectivity index (χ3v) is 4.96. The first-order chi connectivity index (χ1) is 13.7. The van der Waals surface area contributed by atoms with Crippen LogP contribution in [0.1, 0.15) is 28.8 Å². The van der Waals surface area contributed by atoms with Crippen LogP contribution in [0.2, 0.25) is 0 Å². The monoisotopic (exact) mass is 379 g/mol. The summed E-state index contributed by atoms with van der Waals surface area (Å²) >= 11 is 0. The fourth-order valence-corrected chi connectivity index (χ4v) is 3.41. The van der Waals surface area contributed by atoms with E-state index in [-0.39, 0.29) is 17.7 Å². The Balaban J connectivity index is 1.32. The maximum atomic E-state index is 12.6. The molecule has 0 unspecified atom stereocenters. The van der Waals surface area contributed by atoms with E-state index in [1.165, 1.54) is 12.5 Å². The SMILES string of the molecule is O=C(NCc1cccnc1-n1cccn1)C1CCN(C(=O)c2ccoc2)CC1. The number of nitrogens with one attached hydrogen (secondary N) is 1. The van der Waals surface area contributed by atoms with Crippen molar-refractivity contribution >= 4 is 11.8 Å². The van der Waals surface area contributed by atoms with Crippen LogP contribution in [0.5, 0.6) is 0 Å². The minimum absolute atomic E-state index is 0.00526. The smallest absolute Gasteiger partial charge is 0.257 e. The molecule has 0 aliphatic carbocycles. The van der Waals surface area contributed by atoms with Crippen LogP contribution in [0.4, 0.5) is 0 Å². The van der Waals surface area contributed by atoms with Gasteiger partial charge in [0.05, 0.1) is 11.8 Å². The van der Waals surface area contributed by atoms with Gasteiger partial charge in [-0.15, -0.1) is 0 Å². The molecule has 0 bridgehead atoms. The Bertz CT molecular complexity index is 929. The summed E-state index contributed by atoms with van der Waals surface area (Å²) in [6.07, 6.45) is 9.45. The first-order valence-electron chi connectivity index (χ1n) is 9.25. The van der Waals surface area contributed by atoms with Gasteiger partial charge in [0, 0.05) is 49.7 Å². The minimum Gasteiger partial charge on any atom is -0.472 e. The van der Waals surface area contributed by atoms with E-state index in [9.17, 15) is 9.59 Å². The lowest BCUT2D eigenvalue weighted by Crippen LogP contribution is -2.42. The molecule has 144 valence electrons. The number of hydrogen-bond donors (Lipinski definition) is 1. The van der Waals surface area contributed by atoms with E-state index in [1.807, 2.05) is 24.4 Å². The summed E-state index contributed by atoms with van der Waals surface area (Å²) in [6.45, 7) is 1.51. The van der Waals surface area contributed by atoms with Crippen LogP contribution in [-0.2, 0) is 11.3 Å². The molecule has 4 rings (SSSR count). The minimum atomic E-state index is -0.0989. The summed E-state index contributed by atoms with van der Waals surface area (Å²) in [6, 6.07) is 7.26. The summed E-state index contributed by atoms with van der Waals surface area (Å²) in [4.78, 5) is 31.1. The summed E-state index contributed by atoms with van der Waals surface area (Å²) < 4.78 is 6.66. The Morgan fingerprint density at radius 1 is 1.18 bits per heavy atom. The molecule has 1 fully saturated rings. The molecule has 8 heteroatoms. The van der Waals surface area contributed by atoms with E-state index >= 15 is 0 Å². The van der Waals surface area contributed by atoms with E-state index in [2.05, 4.69) is 15.4 Å². The zero-order valence-corrected chi connectivity index (χ0v) is 15.3. The van der Waals surface area contributed by atoms with Crippen molar-refractivity contribution in [2.24, 2.45) is 5.92 Å². The highest BCUT2D eigenvalue weighted by molar-refractivity contribution is 5.94. The van der Waals surface area contributed by atoms with Crippen LogP contribution in [0.15, 0.2) is 59.8 Å². The number of carbonyl (C=O) groups excluding carboxylic acids is 2. The molecular weight excluding hydrogens is 358 g/mol. The zero-order valence-electron chi connectivity index (χ0n) is 15.3. The van der Waals surface area contributed by atoms with Crippen molar-refractivity contribution in [2.75, 3.05) is 13.1 Å². The number of rotatable bonds is 5. The molecule has 1 N–H and O–H groups in total. The van der Waals surface area contributed by atoms with Gasteiger partial charge >= 0.3 is 0 Å². The molecule has 0 spiro atoms. The lowest BCUT2D eigenvalue weighted by Gasteiger charge is -2.31. The van der Waals surface area contributed by atoms with Gasteiger partial charge < -0.3 is 14.6 Å². The molecule has 0 atom stereocenters. The third-order valence-electron chi connectivity index (χ3n) is 4.96. The second-order valence-corrected chi connectivity index (χ2v) is 6.73. The highest BCUT2D eigenvalue weighted by atomic mass is 16.3. The molecule has 3 aromatic rings. The second kappa shape index (κ2) is 8.08. The average Bonchev–Trinajstić information content (AvgIpc) is 3.46. The number of carbonyl (C=O) groups is 2. The van der Waals surface area contributed by atoms with Crippen LogP contribution in [0.3, 0.4) is 0 Å². The van der Waals surface area contributed by atoms with Gasteiger partial charge in [-0.3, -0.25) is 9.59 Å². The van der Waals surface area contributed by atoms with Gasteiger partial charge in [-0.05, 0) is 31.0 Å². The fraction of sp³-hybridized carbons (Fsp3) is 0.300. The molecule has 0 aromatic carbocycles. The zero-order chi connectivity index (χ0) is 19.3. The second-order valence-electron chi connectivity index (χ2n) is 6.73. The molecule has 1 saturated heterocycles. The number of piperidine rings is 1. The van der Waals surface area contributed by atoms with Gasteiger partial charge in [0.15, 0.2) is 5.82 Å². The number of amides is 2. The van der Waals surface area contributed by atoms with Gasteiger partial charge in [-0.2, -0.15) is 5.10 Å². The highest BCUT2D eigenvalue weighted by Crippen LogP contribution is 2.20. The summed E-state index contributed by atoms with van der Waals surface area (Å²) in [5, 5.41) is 7.21. The number of nitrogens with zero attached hydrogens (tertiary/aromatic N) is 4. The molecule has 3 aromatic heterocycles. The molecule has 1 aliphatic rings.